The molecule has 3 rings (SSSR count). The predicted molar refractivity (Wildman–Crippen MR) is 140 cm³/mol. The second kappa shape index (κ2) is 10.7. The van der Waals surface area contributed by atoms with Crippen LogP contribution in [0.25, 0.3) is 0 Å². The number of rotatable bonds is 10. The Kier molecular flexibility index (Phi) is 7.97. The van der Waals surface area contributed by atoms with E-state index in [9.17, 15) is 0 Å². The molecule has 0 amide bonds. The highest BCUT2D eigenvalue weighted by Gasteiger charge is 2.27. The molecule has 3 aromatic rings. The number of hydrogen-bond acceptors (Lipinski definition) is 6. The van der Waals surface area contributed by atoms with Gasteiger partial charge in [-0.05, 0) is 108 Å². The fourth-order valence-electron chi connectivity index (χ4n) is 4.43. The maximum atomic E-state index is 6.22. The summed E-state index contributed by atoms with van der Waals surface area (Å²) in [7, 11) is 0. The first-order valence-electron chi connectivity index (χ1n) is 11.4. The summed E-state index contributed by atoms with van der Waals surface area (Å²) < 4.78 is 0. The summed E-state index contributed by atoms with van der Waals surface area (Å²) in [6.07, 6.45) is 3.28. The van der Waals surface area contributed by atoms with Crippen molar-refractivity contribution >= 4 is 17.1 Å². The van der Waals surface area contributed by atoms with Crippen LogP contribution >= 0.6 is 0 Å². The van der Waals surface area contributed by atoms with Crippen LogP contribution in [0, 0.1) is 6.92 Å². The van der Waals surface area contributed by atoms with Crippen molar-refractivity contribution in [3.8, 4) is 0 Å². The van der Waals surface area contributed by atoms with Gasteiger partial charge in [0, 0.05) is 36.7 Å². The van der Waals surface area contributed by atoms with Gasteiger partial charge in [-0.1, -0.05) is 18.2 Å². The van der Waals surface area contributed by atoms with E-state index >= 15 is 0 Å². The van der Waals surface area contributed by atoms with Gasteiger partial charge in [0.25, 0.3) is 0 Å². The topological polar surface area (TPSA) is 156 Å². The first-order chi connectivity index (χ1) is 15.7. The van der Waals surface area contributed by atoms with Crippen LogP contribution in [0.1, 0.15) is 46.2 Å². The second-order valence-corrected chi connectivity index (χ2v) is 9.02. The number of nitrogen functional groups attached to an aromatic ring is 3. The summed E-state index contributed by atoms with van der Waals surface area (Å²) in [4.78, 5) is 0. The highest BCUT2D eigenvalue weighted by Crippen LogP contribution is 2.36. The van der Waals surface area contributed by atoms with E-state index in [1.807, 2.05) is 36.4 Å². The van der Waals surface area contributed by atoms with Crippen molar-refractivity contribution in [2.24, 2.45) is 17.2 Å². The van der Waals surface area contributed by atoms with E-state index in [2.05, 4.69) is 18.2 Å². The number of aryl methyl sites for hydroxylation is 2. The first-order valence-corrected chi connectivity index (χ1v) is 11.4. The summed E-state index contributed by atoms with van der Waals surface area (Å²) in [6.45, 7) is 6.06. The molecule has 0 saturated heterocycles. The Bertz CT molecular complexity index is 1030. The van der Waals surface area contributed by atoms with Crippen LogP contribution in [0.15, 0.2) is 54.6 Å². The Balaban J connectivity index is 1.91. The van der Waals surface area contributed by atoms with Gasteiger partial charge in [0.2, 0.25) is 0 Å². The molecule has 33 heavy (non-hydrogen) atoms. The van der Waals surface area contributed by atoms with E-state index in [-0.39, 0.29) is 5.41 Å². The molecule has 0 unspecified atom stereocenters. The fourth-order valence-corrected chi connectivity index (χ4v) is 4.43. The Morgan fingerprint density at radius 2 is 0.879 bits per heavy atom. The van der Waals surface area contributed by atoms with Crippen LogP contribution < -0.4 is 34.4 Å². The summed E-state index contributed by atoms with van der Waals surface area (Å²) in [5.74, 6) is 0. The van der Waals surface area contributed by atoms with Gasteiger partial charge in [-0.15, -0.1) is 0 Å². The number of nitrogens with two attached hydrogens (primary N) is 6. The van der Waals surface area contributed by atoms with Gasteiger partial charge < -0.3 is 34.4 Å². The van der Waals surface area contributed by atoms with Crippen molar-refractivity contribution in [2.45, 2.75) is 50.7 Å². The molecule has 0 atom stereocenters. The van der Waals surface area contributed by atoms with Crippen LogP contribution in [0.4, 0.5) is 17.1 Å². The molecule has 12 N–H and O–H groups in total. The normalized spacial score (nSPS) is 11.6. The summed E-state index contributed by atoms with van der Waals surface area (Å²) >= 11 is 0. The van der Waals surface area contributed by atoms with Crippen molar-refractivity contribution in [3.05, 3.63) is 94.9 Å². The average Bonchev–Trinajstić information content (AvgIpc) is 2.80. The van der Waals surface area contributed by atoms with Crippen LogP contribution in [-0.2, 0) is 37.9 Å². The third-order valence-corrected chi connectivity index (χ3v) is 6.27. The van der Waals surface area contributed by atoms with Crippen molar-refractivity contribution < 1.29 is 0 Å². The molecule has 0 spiro atoms. The lowest BCUT2D eigenvalue weighted by atomic mass is 9.73. The Morgan fingerprint density at radius 1 is 0.515 bits per heavy atom. The Hall–Kier alpha value is -3.06. The Morgan fingerprint density at radius 3 is 1.30 bits per heavy atom. The maximum absolute atomic E-state index is 6.22. The SMILES string of the molecule is [CH2]C(CCc1cc(N)cc(CN)c1)(CCc1cc(N)cc(CN)c1)c1cc(N)cc(CN)c1. The van der Waals surface area contributed by atoms with Gasteiger partial charge in [-0.3, -0.25) is 0 Å². The quantitative estimate of drug-likeness (QED) is 0.263. The van der Waals surface area contributed by atoms with Crippen molar-refractivity contribution in [1.29, 1.82) is 0 Å². The average molecular weight is 446 g/mol. The number of anilines is 3. The van der Waals surface area contributed by atoms with Crippen molar-refractivity contribution in [3.63, 3.8) is 0 Å². The molecule has 0 saturated carbocycles. The molecule has 1 radical (unpaired) electrons. The molecule has 0 aliphatic rings. The molecule has 175 valence electrons. The van der Waals surface area contributed by atoms with E-state index in [1.54, 1.807) is 0 Å². The highest BCUT2D eigenvalue weighted by atomic mass is 14.6. The molecule has 3 aromatic carbocycles. The van der Waals surface area contributed by atoms with Crippen LogP contribution in [0.5, 0.6) is 0 Å². The molecule has 0 bridgehead atoms. The maximum Gasteiger partial charge on any atom is 0.0320 e. The van der Waals surface area contributed by atoms with E-state index in [1.165, 1.54) is 0 Å². The molecule has 0 aliphatic carbocycles. The summed E-state index contributed by atoms with van der Waals surface area (Å²) in [5.41, 5.74) is 44.3. The minimum absolute atomic E-state index is 0.375. The van der Waals surface area contributed by atoms with Crippen LogP contribution in [-0.4, -0.2) is 0 Å². The van der Waals surface area contributed by atoms with E-state index < -0.39 is 0 Å². The zero-order chi connectivity index (χ0) is 24.0. The van der Waals surface area contributed by atoms with Crippen LogP contribution in [0.2, 0.25) is 0 Å². The summed E-state index contributed by atoms with van der Waals surface area (Å²) in [6, 6.07) is 18.1. The van der Waals surface area contributed by atoms with Gasteiger partial charge >= 0.3 is 0 Å². The summed E-state index contributed by atoms with van der Waals surface area (Å²) in [5, 5.41) is 0. The third kappa shape index (κ3) is 6.48. The lowest BCUT2D eigenvalue weighted by Crippen LogP contribution is -2.25. The fraction of sp³-hybridized carbons (Fsp3) is 0.296. The second-order valence-electron chi connectivity index (χ2n) is 9.02. The van der Waals surface area contributed by atoms with Gasteiger partial charge in [0.1, 0.15) is 0 Å². The van der Waals surface area contributed by atoms with Gasteiger partial charge in [-0.25, -0.2) is 0 Å². The lowest BCUT2D eigenvalue weighted by Gasteiger charge is -2.31. The third-order valence-electron chi connectivity index (χ3n) is 6.27. The molecule has 0 fully saturated rings. The zero-order valence-corrected chi connectivity index (χ0v) is 19.3. The van der Waals surface area contributed by atoms with Gasteiger partial charge in [0.15, 0.2) is 0 Å². The molecular formula is C27H37N6. The molecule has 0 aliphatic heterocycles. The zero-order valence-electron chi connectivity index (χ0n) is 19.3. The van der Waals surface area contributed by atoms with E-state index in [0.29, 0.717) is 25.3 Å². The smallest absolute Gasteiger partial charge is 0.0320 e. The molecule has 0 heterocycles. The lowest BCUT2D eigenvalue weighted by molar-refractivity contribution is 0.448. The largest absolute Gasteiger partial charge is 0.399 e. The minimum atomic E-state index is -0.375. The van der Waals surface area contributed by atoms with E-state index in [4.69, 9.17) is 41.3 Å². The molecular weight excluding hydrogens is 408 g/mol. The van der Waals surface area contributed by atoms with Gasteiger partial charge in [0.05, 0.1) is 0 Å². The molecule has 6 heteroatoms. The van der Waals surface area contributed by atoms with Crippen LogP contribution in [0.3, 0.4) is 0 Å². The van der Waals surface area contributed by atoms with Crippen molar-refractivity contribution in [1.82, 2.24) is 0 Å². The first kappa shape index (κ1) is 24.6. The molecule has 0 aromatic heterocycles. The van der Waals surface area contributed by atoms with Gasteiger partial charge in [-0.2, -0.15) is 0 Å². The number of benzene rings is 3. The predicted octanol–water partition coefficient (Wildman–Crippen LogP) is 3.15. The minimum Gasteiger partial charge on any atom is -0.399 e. The highest BCUT2D eigenvalue weighted by molar-refractivity contribution is 5.49. The Labute approximate surface area is 197 Å². The standard InChI is InChI=1S/C27H37N6/c1-27(23-8-22(17-30)13-26(33)14-23,4-2-18-6-20(15-28)11-24(31)9-18)5-3-19-7-21(16-29)12-25(32)10-19/h6-14H,1-5,15-17,28-33H2. The monoisotopic (exact) mass is 445 g/mol. The van der Waals surface area contributed by atoms with Crippen molar-refractivity contribution in [2.75, 3.05) is 17.2 Å². The number of hydrogen-bond donors (Lipinski definition) is 6. The van der Waals surface area contributed by atoms with E-state index in [0.717, 1.165) is 70.4 Å². The molecule has 6 nitrogen and oxygen atoms in total.